The number of carbonyl (C=O) groups is 1. The molecule has 11 heavy (non-hydrogen) atoms. The van der Waals surface area contributed by atoms with Crippen LogP contribution in [-0.4, -0.2) is 26.7 Å². The van der Waals surface area contributed by atoms with E-state index in [4.69, 9.17) is 5.73 Å². The Balaban J connectivity index is 3.17. The third-order valence-corrected chi connectivity index (χ3v) is 2.31. The summed E-state index contributed by atoms with van der Waals surface area (Å²) in [6.07, 6.45) is 5.56. The van der Waals surface area contributed by atoms with Crippen LogP contribution in [0.1, 0.15) is 39.0 Å². The molecular formula is C8H16NOSe. The van der Waals surface area contributed by atoms with E-state index >= 15 is 0 Å². The molecule has 0 saturated carbocycles. The molecule has 0 saturated heterocycles. The van der Waals surface area contributed by atoms with Crippen LogP contribution >= 0.6 is 0 Å². The van der Waals surface area contributed by atoms with Crippen molar-refractivity contribution in [1.82, 2.24) is 0 Å². The topological polar surface area (TPSA) is 43.1 Å². The molecule has 0 amide bonds. The van der Waals surface area contributed by atoms with E-state index in [9.17, 15) is 4.79 Å². The summed E-state index contributed by atoms with van der Waals surface area (Å²) in [5.41, 5.74) is 5.52. The van der Waals surface area contributed by atoms with Gasteiger partial charge in [0.15, 0.2) is 0 Å². The van der Waals surface area contributed by atoms with Crippen LogP contribution in [-0.2, 0) is 4.79 Å². The molecule has 3 heteroatoms. The third-order valence-electron chi connectivity index (χ3n) is 1.67. The Bertz CT molecular complexity index is 117. The predicted octanol–water partition coefficient (Wildman–Crippen LogP) is 0.979. The van der Waals surface area contributed by atoms with Gasteiger partial charge in [-0.25, -0.2) is 0 Å². The first-order valence-corrected chi connectivity index (χ1v) is 5.00. The van der Waals surface area contributed by atoms with Crippen molar-refractivity contribution in [2.24, 2.45) is 5.73 Å². The minimum atomic E-state index is -0.271. The van der Waals surface area contributed by atoms with Crippen molar-refractivity contribution in [1.29, 1.82) is 0 Å². The Kier molecular flexibility index (Phi) is 6.93. The van der Waals surface area contributed by atoms with Crippen LogP contribution in [0.3, 0.4) is 0 Å². The van der Waals surface area contributed by atoms with E-state index in [2.05, 4.69) is 22.9 Å². The summed E-state index contributed by atoms with van der Waals surface area (Å²) in [5, 5.41) is 0. The van der Waals surface area contributed by atoms with Gasteiger partial charge in [-0.15, -0.1) is 0 Å². The number of rotatable bonds is 6. The Morgan fingerprint density at radius 3 is 2.55 bits per heavy atom. The first kappa shape index (κ1) is 11.1. The normalized spacial score (nSPS) is 12.9. The summed E-state index contributed by atoms with van der Waals surface area (Å²) < 4.78 is -0.0125. The second kappa shape index (κ2) is 6.83. The van der Waals surface area contributed by atoms with E-state index < -0.39 is 0 Å². The molecule has 0 fully saturated rings. The fourth-order valence-corrected chi connectivity index (χ4v) is 1.16. The van der Waals surface area contributed by atoms with Crippen molar-refractivity contribution >= 4 is 20.7 Å². The molecule has 0 aromatic heterocycles. The van der Waals surface area contributed by atoms with E-state index in [1.54, 1.807) is 0 Å². The maximum absolute atomic E-state index is 10.6. The van der Waals surface area contributed by atoms with Crippen molar-refractivity contribution in [3.05, 3.63) is 0 Å². The van der Waals surface area contributed by atoms with Gasteiger partial charge < -0.3 is 0 Å². The summed E-state index contributed by atoms with van der Waals surface area (Å²) in [6, 6.07) is -0.271. The Morgan fingerprint density at radius 1 is 1.45 bits per heavy atom. The zero-order valence-corrected chi connectivity index (χ0v) is 8.72. The van der Waals surface area contributed by atoms with Gasteiger partial charge in [-0.3, -0.25) is 0 Å². The fourth-order valence-electron chi connectivity index (χ4n) is 0.909. The molecule has 0 aliphatic rings. The first-order chi connectivity index (χ1) is 5.18. The molecule has 0 bridgehead atoms. The van der Waals surface area contributed by atoms with Crippen LogP contribution in [0.2, 0.25) is 0 Å². The summed E-state index contributed by atoms with van der Waals surface area (Å²) in [5.74, 6) is 0. The molecule has 0 aromatic carbocycles. The van der Waals surface area contributed by atoms with Crippen LogP contribution < -0.4 is 5.73 Å². The van der Waals surface area contributed by atoms with Gasteiger partial charge in [-0.1, -0.05) is 0 Å². The predicted molar refractivity (Wildman–Crippen MR) is 47.5 cm³/mol. The molecule has 1 radical (unpaired) electrons. The number of hydrogen-bond acceptors (Lipinski definition) is 2. The van der Waals surface area contributed by atoms with Crippen LogP contribution in [0.5, 0.6) is 0 Å². The Labute approximate surface area is 76.7 Å². The van der Waals surface area contributed by atoms with Gasteiger partial charge in [0.25, 0.3) is 0 Å². The summed E-state index contributed by atoms with van der Waals surface area (Å²) in [6.45, 7) is 2.17. The van der Waals surface area contributed by atoms with Gasteiger partial charge in [0, 0.05) is 0 Å². The molecule has 0 heterocycles. The number of nitrogens with two attached hydrogens (primary N) is 1. The van der Waals surface area contributed by atoms with Gasteiger partial charge >= 0.3 is 76.3 Å². The number of hydrogen-bond donors (Lipinski definition) is 1. The Morgan fingerprint density at radius 2 is 2.09 bits per heavy atom. The van der Waals surface area contributed by atoms with Gasteiger partial charge in [0.05, 0.1) is 0 Å². The van der Waals surface area contributed by atoms with Crippen molar-refractivity contribution in [3.8, 4) is 0 Å². The van der Waals surface area contributed by atoms with E-state index in [0.29, 0.717) is 0 Å². The van der Waals surface area contributed by atoms with Crippen molar-refractivity contribution < 1.29 is 4.79 Å². The molecule has 1 atom stereocenters. The van der Waals surface area contributed by atoms with Crippen LogP contribution in [0.15, 0.2) is 0 Å². The molecule has 2 nitrogen and oxygen atoms in total. The van der Waals surface area contributed by atoms with E-state index in [0.717, 1.165) is 12.8 Å². The van der Waals surface area contributed by atoms with Crippen LogP contribution in [0.25, 0.3) is 0 Å². The molecule has 0 aliphatic heterocycles. The van der Waals surface area contributed by atoms with E-state index in [-0.39, 0.29) is 10.7 Å². The molecule has 0 spiro atoms. The second-order valence-electron chi connectivity index (χ2n) is 2.77. The van der Waals surface area contributed by atoms with E-state index in [1.165, 1.54) is 19.3 Å². The standard InChI is InChI=1S/C8H16NOSe/c1-2-3-4-5-6-7(9)8(10)11/h7H,2-6,9H2,1H3. The summed E-state index contributed by atoms with van der Waals surface area (Å²) >= 11 is 2.42. The first-order valence-electron chi connectivity index (χ1n) is 4.15. The van der Waals surface area contributed by atoms with Gasteiger partial charge in [-0.05, 0) is 0 Å². The van der Waals surface area contributed by atoms with Gasteiger partial charge in [0.1, 0.15) is 0 Å². The molecule has 1 unspecified atom stereocenters. The van der Waals surface area contributed by atoms with Crippen LogP contribution in [0.4, 0.5) is 0 Å². The zero-order valence-electron chi connectivity index (χ0n) is 7.01. The average molecular weight is 221 g/mol. The second-order valence-corrected chi connectivity index (χ2v) is 3.62. The van der Waals surface area contributed by atoms with Crippen molar-refractivity contribution in [2.45, 2.75) is 45.1 Å². The molecule has 0 aliphatic carbocycles. The van der Waals surface area contributed by atoms with Crippen molar-refractivity contribution in [3.63, 3.8) is 0 Å². The number of carbonyl (C=O) groups excluding carboxylic acids is 1. The monoisotopic (exact) mass is 222 g/mol. The zero-order chi connectivity index (χ0) is 8.69. The molecule has 2 N–H and O–H groups in total. The fraction of sp³-hybridized carbons (Fsp3) is 0.875. The van der Waals surface area contributed by atoms with Crippen molar-refractivity contribution in [2.75, 3.05) is 0 Å². The number of unbranched alkanes of at least 4 members (excludes halogenated alkanes) is 3. The van der Waals surface area contributed by atoms with Gasteiger partial charge in [-0.2, -0.15) is 0 Å². The molecular weight excluding hydrogens is 205 g/mol. The average Bonchev–Trinajstić information content (AvgIpc) is 1.97. The van der Waals surface area contributed by atoms with Crippen LogP contribution in [0, 0.1) is 0 Å². The molecule has 65 valence electrons. The SMILES string of the molecule is CCCCCCC(N)C(=O)[Se]. The summed E-state index contributed by atoms with van der Waals surface area (Å²) in [4.78, 5) is 10.6. The molecule has 0 rings (SSSR count). The van der Waals surface area contributed by atoms with E-state index in [1.807, 2.05) is 0 Å². The summed E-state index contributed by atoms with van der Waals surface area (Å²) in [7, 11) is 0. The third kappa shape index (κ3) is 6.54. The quantitative estimate of drug-likeness (QED) is 0.536. The minimum absolute atomic E-state index is 0.0125. The Hall–Kier alpha value is 0.149. The van der Waals surface area contributed by atoms with Gasteiger partial charge in [0.2, 0.25) is 0 Å². The molecule has 0 aromatic rings. The maximum atomic E-state index is 10.6.